The zero-order valence-corrected chi connectivity index (χ0v) is 12.0. The topological polar surface area (TPSA) is 41.1 Å². The Labute approximate surface area is 111 Å². The van der Waals surface area contributed by atoms with Crippen LogP contribution in [0.25, 0.3) is 0 Å². The minimum absolute atomic E-state index is 0.677. The molecule has 0 radical (unpaired) electrons. The van der Waals surface area contributed by atoms with Crippen molar-refractivity contribution in [3.63, 3.8) is 0 Å². The Kier molecular flexibility index (Phi) is 4.20. The molecule has 0 aliphatic heterocycles. The molecule has 5 heteroatoms. The first kappa shape index (κ1) is 12.6. The van der Waals surface area contributed by atoms with Gasteiger partial charge in [0, 0.05) is 25.3 Å². The zero-order valence-electron chi connectivity index (χ0n) is 10.4. The number of hydrogen-bond donors (Lipinski definition) is 1. The maximum Gasteiger partial charge on any atom is 0.224 e. The van der Waals surface area contributed by atoms with Gasteiger partial charge in [0.05, 0.1) is 4.47 Å². The maximum atomic E-state index is 4.60. The van der Waals surface area contributed by atoms with Crippen LogP contribution in [-0.4, -0.2) is 29.1 Å². The van der Waals surface area contributed by atoms with E-state index in [1.54, 1.807) is 0 Å². The van der Waals surface area contributed by atoms with Crippen molar-refractivity contribution in [2.75, 3.05) is 23.3 Å². The molecule has 0 aromatic carbocycles. The molecule has 4 nitrogen and oxygen atoms in total. The highest BCUT2D eigenvalue weighted by molar-refractivity contribution is 9.10. The van der Waals surface area contributed by atoms with E-state index in [-0.39, 0.29) is 0 Å². The predicted octanol–water partition coefficient (Wildman–Crippen LogP) is 3.05. The van der Waals surface area contributed by atoms with Gasteiger partial charge >= 0.3 is 0 Å². The third-order valence-electron chi connectivity index (χ3n) is 2.78. The lowest BCUT2D eigenvalue weighted by Crippen LogP contribution is -2.28. The molecule has 1 aliphatic rings. The average molecular weight is 299 g/mol. The van der Waals surface area contributed by atoms with Gasteiger partial charge in [-0.2, -0.15) is 4.98 Å². The van der Waals surface area contributed by atoms with Gasteiger partial charge in [0.15, 0.2) is 0 Å². The van der Waals surface area contributed by atoms with Gasteiger partial charge < -0.3 is 10.2 Å². The van der Waals surface area contributed by atoms with E-state index in [0.29, 0.717) is 12.0 Å². The molecule has 17 heavy (non-hydrogen) atoms. The third kappa shape index (κ3) is 3.09. The van der Waals surface area contributed by atoms with Crippen molar-refractivity contribution in [1.82, 2.24) is 9.97 Å². The fraction of sp³-hybridized carbons (Fsp3) is 0.667. The van der Waals surface area contributed by atoms with Crippen LogP contribution in [0.5, 0.6) is 0 Å². The summed E-state index contributed by atoms with van der Waals surface area (Å²) in [6.45, 7) is 6.16. The van der Waals surface area contributed by atoms with E-state index in [4.69, 9.17) is 0 Å². The first-order chi connectivity index (χ1) is 8.26. The molecule has 2 rings (SSSR count). The summed E-state index contributed by atoms with van der Waals surface area (Å²) in [6, 6.07) is 0.677. The van der Waals surface area contributed by atoms with Crippen molar-refractivity contribution in [3.8, 4) is 0 Å². The molecule has 0 spiro atoms. The molecule has 1 fully saturated rings. The highest BCUT2D eigenvalue weighted by Gasteiger charge is 2.30. The van der Waals surface area contributed by atoms with Crippen LogP contribution in [0.1, 0.15) is 33.1 Å². The van der Waals surface area contributed by atoms with Crippen LogP contribution >= 0.6 is 15.9 Å². The summed E-state index contributed by atoms with van der Waals surface area (Å²) in [7, 11) is 0. The van der Waals surface area contributed by atoms with Crippen molar-refractivity contribution >= 4 is 27.7 Å². The normalized spacial score (nSPS) is 14.8. The molecule has 1 aliphatic carbocycles. The van der Waals surface area contributed by atoms with Crippen molar-refractivity contribution in [1.29, 1.82) is 0 Å². The van der Waals surface area contributed by atoms with Crippen molar-refractivity contribution < 1.29 is 0 Å². The summed E-state index contributed by atoms with van der Waals surface area (Å²) >= 11 is 3.55. The third-order valence-corrected chi connectivity index (χ3v) is 3.34. The number of anilines is 2. The second-order valence-corrected chi connectivity index (χ2v) is 5.17. The van der Waals surface area contributed by atoms with Gasteiger partial charge in [0.25, 0.3) is 0 Å². The Balaban J connectivity index is 2.23. The van der Waals surface area contributed by atoms with Gasteiger partial charge in [-0.1, -0.05) is 6.92 Å². The fourth-order valence-corrected chi connectivity index (χ4v) is 2.31. The van der Waals surface area contributed by atoms with E-state index in [2.05, 4.69) is 50.0 Å². The van der Waals surface area contributed by atoms with Crippen LogP contribution in [0.4, 0.5) is 11.8 Å². The second-order valence-electron chi connectivity index (χ2n) is 4.32. The first-order valence-electron chi connectivity index (χ1n) is 6.29. The van der Waals surface area contributed by atoms with Crippen molar-refractivity contribution in [3.05, 3.63) is 10.7 Å². The Hall–Kier alpha value is -0.840. The van der Waals surface area contributed by atoms with Gasteiger partial charge in [0.1, 0.15) is 5.82 Å². The van der Waals surface area contributed by atoms with E-state index in [9.17, 15) is 0 Å². The monoisotopic (exact) mass is 298 g/mol. The van der Waals surface area contributed by atoms with Crippen molar-refractivity contribution in [2.24, 2.45) is 0 Å². The summed E-state index contributed by atoms with van der Waals surface area (Å²) in [5.41, 5.74) is 0. The average Bonchev–Trinajstić information content (AvgIpc) is 3.13. The van der Waals surface area contributed by atoms with Gasteiger partial charge in [-0.3, -0.25) is 0 Å². The molecule has 0 saturated heterocycles. The minimum atomic E-state index is 0.677. The van der Waals surface area contributed by atoms with E-state index < -0.39 is 0 Å². The largest absolute Gasteiger partial charge is 0.354 e. The standard InChI is InChI=1S/C12H19BrN4/c1-3-7-17(9-5-6-9)11-10(13)8-15-12(16-11)14-4-2/h8-9H,3-7H2,1-2H3,(H,14,15,16). The minimum Gasteiger partial charge on any atom is -0.354 e. The number of hydrogen-bond acceptors (Lipinski definition) is 4. The number of aromatic nitrogens is 2. The summed E-state index contributed by atoms with van der Waals surface area (Å²) in [5, 5.41) is 3.16. The van der Waals surface area contributed by atoms with E-state index in [1.165, 1.54) is 12.8 Å². The lowest BCUT2D eigenvalue weighted by molar-refractivity contribution is 0.746. The lowest BCUT2D eigenvalue weighted by atomic mass is 10.3. The molecule has 94 valence electrons. The number of nitrogens with zero attached hydrogens (tertiary/aromatic N) is 3. The van der Waals surface area contributed by atoms with Crippen LogP contribution in [0.3, 0.4) is 0 Å². The van der Waals surface area contributed by atoms with E-state index >= 15 is 0 Å². The van der Waals surface area contributed by atoms with Crippen molar-refractivity contribution in [2.45, 2.75) is 39.2 Å². The molecule has 0 atom stereocenters. The zero-order chi connectivity index (χ0) is 12.3. The van der Waals surface area contributed by atoms with Gasteiger partial charge in [-0.25, -0.2) is 4.98 Å². The molecule has 1 heterocycles. The maximum absolute atomic E-state index is 4.60. The van der Waals surface area contributed by atoms with Gasteiger partial charge in [0.2, 0.25) is 5.95 Å². The Morgan fingerprint density at radius 1 is 1.47 bits per heavy atom. The Morgan fingerprint density at radius 2 is 2.24 bits per heavy atom. The first-order valence-corrected chi connectivity index (χ1v) is 7.08. The smallest absolute Gasteiger partial charge is 0.224 e. The molecular weight excluding hydrogens is 280 g/mol. The highest BCUT2D eigenvalue weighted by Crippen LogP contribution is 2.34. The number of nitrogens with one attached hydrogen (secondary N) is 1. The molecule has 0 bridgehead atoms. The fourth-order valence-electron chi connectivity index (χ4n) is 1.89. The Morgan fingerprint density at radius 3 is 2.82 bits per heavy atom. The number of rotatable bonds is 6. The quantitative estimate of drug-likeness (QED) is 0.876. The summed E-state index contributed by atoms with van der Waals surface area (Å²) in [6.07, 6.45) is 5.55. The number of halogens is 1. The molecule has 1 aromatic heterocycles. The lowest BCUT2D eigenvalue weighted by Gasteiger charge is -2.24. The van der Waals surface area contributed by atoms with Crippen LogP contribution < -0.4 is 10.2 Å². The molecule has 1 aromatic rings. The van der Waals surface area contributed by atoms with Gasteiger partial charge in [-0.15, -0.1) is 0 Å². The molecule has 1 N–H and O–H groups in total. The summed E-state index contributed by atoms with van der Waals surface area (Å²) in [4.78, 5) is 11.2. The highest BCUT2D eigenvalue weighted by atomic mass is 79.9. The Bertz CT molecular complexity index is 379. The van der Waals surface area contributed by atoms with E-state index in [0.717, 1.165) is 29.8 Å². The summed E-state index contributed by atoms with van der Waals surface area (Å²) < 4.78 is 0.986. The van der Waals surface area contributed by atoms with E-state index in [1.807, 2.05) is 6.20 Å². The summed E-state index contributed by atoms with van der Waals surface area (Å²) in [5.74, 6) is 1.74. The molecule has 1 saturated carbocycles. The van der Waals surface area contributed by atoms with Crippen LogP contribution in [0, 0.1) is 0 Å². The SMILES string of the molecule is CCCN(c1nc(NCC)ncc1Br)C1CC1. The molecular formula is C12H19BrN4. The molecule has 0 unspecified atom stereocenters. The van der Waals surface area contributed by atoms with Crippen LogP contribution in [0.15, 0.2) is 10.7 Å². The van der Waals surface area contributed by atoms with Crippen LogP contribution in [0.2, 0.25) is 0 Å². The molecule has 0 amide bonds. The second kappa shape index (κ2) is 5.67. The van der Waals surface area contributed by atoms with Crippen LogP contribution in [-0.2, 0) is 0 Å². The predicted molar refractivity (Wildman–Crippen MR) is 74.6 cm³/mol. The van der Waals surface area contributed by atoms with Gasteiger partial charge in [-0.05, 0) is 42.1 Å².